The van der Waals surface area contributed by atoms with Crippen molar-refractivity contribution in [3.63, 3.8) is 0 Å². The second-order valence-electron chi connectivity index (χ2n) is 6.22. The summed E-state index contributed by atoms with van der Waals surface area (Å²) >= 11 is 0. The fraction of sp³-hybridized carbons (Fsp3) is 0.750. The summed E-state index contributed by atoms with van der Waals surface area (Å²) in [7, 11) is 0. The lowest BCUT2D eigenvalue weighted by Crippen LogP contribution is -2.48. The summed E-state index contributed by atoms with van der Waals surface area (Å²) in [5.41, 5.74) is 4.75. The topological polar surface area (TPSA) is 121 Å². The molecule has 0 aliphatic heterocycles. The number of imide groups is 1. The number of ether oxygens (including phenoxy) is 3. The van der Waals surface area contributed by atoms with Gasteiger partial charge in [-0.2, -0.15) is 0 Å². The van der Waals surface area contributed by atoms with Crippen molar-refractivity contribution in [1.82, 2.24) is 4.90 Å². The molecule has 0 radical (unpaired) electrons. The maximum absolute atomic E-state index is 12.2. The fourth-order valence-corrected chi connectivity index (χ4v) is 1.42. The maximum Gasteiger partial charge on any atom is 0.436 e. The zero-order valence-electron chi connectivity index (χ0n) is 15.7. The molecule has 144 valence electrons. The van der Waals surface area contributed by atoms with Gasteiger partial charge in [0.25, 0.3) is 0 Å². The van der Waals surface area contributed by atoms with Gasteiger partial charge in [0, 0.05) is 0 Å². The van der Waals surface area contributed by atoms with E-state index in [9.17, 15) is 14.4 Å². The summed E-state index contributed by atoms with van der Waals surface area (Å²) in [6, 6.07) is 0. The van der Waals surface area contributed by atoms with Gasteiger partial charge < -0.3 is 19.9 Å². The molecule has 0 bridgehead atoms. The zero-order valence-corrected chi connectivity index (χ0v) is 15.7. The summed E-state index contributed by atoms with van der Waals surface area (Å²) in [6.45, 7) is 8.99. The standard InChI is InChI=1S/C16H29N3O6/c1-6-8-10-23-13(20)18-12(17)19(14(21)24-11-9-7-2)15(22)25-16(3,4)5/h6-11H2,1-5H3,(H2,17,18,20). The van der Waals surface area contributed by atoms with Gasteiger partial charge in [-0.25, -0.2) is 14.4 Å². The van der Waals surface area contributed by atoms with E-state index in [1.54, 1.807) is 20.8 Å². The monoisotopic (exact) mass is 359 g/mol. The largest absolute Gasteiger partial charge is 0.449 e. The van der Waals surface area contributed by atoms with Crippen LogP contribution in [0, 0.1) is 0 Å². The van der Waals surface area contributed by atoms with Gasteiger partial charge in [0.15, 0.2) is 0 Å². The van der Waals surface area contributed by atoms with Gasteiger partial charge in [-0.1, -0.05) is 26.7 Å². The summed E-state index contributed by atoms with van der Waals surface area (Å²) in [5, 5.41) is 0. The van der Waals surface area contributed by atoms with Crippen LogP contribution in [0.2, 0.25) is 0 Å². The first-order valence-electron chi connectivity index (χ1n) is 8.33. The van der Waals surface area contributed by atoms with E-state index >= 15 is 0 Å². The molecule has 0 spiro atoms. The number of hydrogen-bond donors (Lipinski definition) is 1. The van der Waals surface area contributed by atoms with Gasteiger partial charge in [-0.3, -0.25) is 0 Å². The highest BCUT2D eigenvalue weighted by atomic mass is 16.6. The first-order valence-corrected chi connectivity index (χ1v) is 8.33. The van der Waals surface area contributed by atoms with E-state index in [1.165, 1.54) is 0 Å². The van der Waals surface area contributed by atoms with Crippen molar-refractivity contribution in [3.05, 3.63) is 0 Å². The number of amides is 3. The van der Waals surface area contributed by atoms with Crippen LogP contribution in [-0.4, -0.2) is 48.0 Å². The predicted octanol–water partition coefficient (Wildman–Crippen LogP) is 3.41. The molecule has 0 aromatic heterocycles. The number of unbranched alkanes of at least 4 members (excludes halogenated alkanes) is 2. The van der Waals surface area contributed by atoms with Gasteiger partial charge in [-0.15, -0.1) is 9.89 Å². The zero-order chi connectivity index (χ0) is 19.5. The van der Waals surface area contributed by atoms with Gasteiger partial charge in [0.05, 0.1) is 13.2 Å². The van der Waals surface area contributed by atoms with Gasteiger partial charge in [-0.05, 0) is 33.6 Å². The number of carbonyl (C=O) groups is 3. The van der Waals surface area contributed by atoms with Crippen LogP contribution in [-0.2, 0) is 14.2 Å². The number of carbonyl (C=O) groups excluding carboxylic acids is 3. The molecular formula is C16H29N3O6. The second kappa shape index (κ2) is 11.3. The van der Waals surface area contributed by atoms with E-state index < -0.39 is 29.8 Å². The normalized spacial score (nSPS) is 11.6. The van der Waals surface area contributed by atoms with Gasteiger partial charge in [0.1, 0.15) is 5.60 Å². The summed E-state index contributed by atoms with van der Waals surface area (Å²) in [6.07, 6.45) is -0.240. The number of guanidine groups is 1. The van der Waals surface area contributed by atoms with Gasteiger partial charge in [0.2, 0.25) is 5.96 Å². The van der Waals surface area contributed by atoms with Crippen LogP contribution in [0.15, 0.2) is 4.99 Å². The number of nitrogens with two attached hydrogens (primary N) is 1. The van der Waals surface area contributed by atoms with Crippen LogP contribution < -0.4 is 5.73 Å². The Kier molecular flexibility index (Phi) is 10.2. The van der Waals surface area contributed by atoms with Crippen molar-refractivity contribution in [3.8, 4) is 0 Å². The smallest absolute Gasteiger partial charge is 0.436 e. The molecule has 0 aromatic carbocycles. The van der Waals surface area contributed by atoms with E-state index in [4.69, 9.17) is 19.9 Å². The molecule has 0 aliphatic rings. The van der Waals surface area contributed by atoms with E-state index in [2.05, 4.69) is 4.99 Å². The Balaban J connectivity index is 5.17. The number of hydrogen-bond acceptors (Lipinski definition) is 6. The third-order valence-electron chi connectivity index (χ3n) is 2.64. The Hall–Kier alpha value is -2.32. The highest BCUT2D eigenvalue weighted by molar-refractivity contribution is 6.09. The van der Waals surface area contributed by atoms with Crippen molar-refractivity contribution >= 4 is 24.2 Å². The molecule has 0 heterocycles. The third-order valence-corrected chi connectivity index (χ3v) is 2.64. The lowest BCUT2D eigenvalue weighted by molar-refractivity contribution is 0.0338. The van der Waals surface area contributed by atoms with Crippen LogP contribution in [0.1, 0.15) is 60.3 Å². The minimum atomic E-state index is -1.09. The molecule has 25 heavy (non-hydrogen) atoms. The Morgan fingerprint density at radius 1 is 0.960 bits per heavy atom. The van der Waals surface area contributed by atoms with Crippen molar-refractivity contribution in [2.24, 2.45) is 10.7 Å². The van der Waals surface area contributed by atoms with Crippen LogP contribution in [0.5, 0.6) is 0 Å². The minimum Gasteiger partial charge on any atom is -0.449 e. The van der Waals surface area contributed by atoms with Gasteiger partial charge >= 0.3 is 18.3 Å². The highest BCUT2D eigenvalue weighted by Crippen LogP contribution is 2.11. The molecule has 9 heteroatoms. The molecule has 0 rings (SSSR count). The Labute approximate surface area is 148 Å². The van der Waals surface area contributed by atoms with Crippen LogP contribution in [0.4, 0.5) is 14.4 Å². The Morgan fingerprint density at radius 3 is 1.96 bits per heavy atom. The Morgan fingerprint density at radius 2 is 1.48 bits per heavy atom. The molecule has 2 N–H and O–H groups in total. The number of nitrogens with zero attached hydrogens (tertiary/aromatic N) is 2. The SMILES string of the molecule is CCCCOC(=O)N=C(N)N(C(=O)OCCCC)C(=O)OC(C)(C)C. The van der Waals surface area contributed by atoms with Crippen LogP contribution in [0.3, 0.4) is 0 Å². The van der Waals surface area contributed by atoms with E-state index in [0.717, 1.165) is 12.8 Å². The molecule has 3 amide bonds. The predicted molar refractivity (Wildman–Crippen MR) is 92.2 cm³/mol. The third kappa shape index (κ3) is 10.2. The van der Waals surface area contributed by atoms with E-state index in [1.807, 2.05) is 13.8 Å². The molecule has 0 fully saturated rings. The first-order chi connectivity index (χ1) is 11.6. The highest BCUT2D eigenvalue weighted by Gasteiger charge is 2.32. The van der Waals surface area contributed by atoms with Crippen molar-refractivity contribution in [2.45, 2.75) is 65.9 Å². The molecule has 9 nitrogen and oxygen atoms in total. The van der Waals surface area contributed by atoms with Crippen LogP contribution >= 0.6 is 0 Å². The number of rotatable bonds is 6. The molecule has 0 aromatic rings. The molecule has 0 aliphatic carbocycles. The Bertz CT molecular complexity index is 485. The molecule has 0 saturated heterocycles. The summed E-state index contributed by atoms with van der Waals surface area (Å²) < 4.78 is 14.9. The first kappa shape index (κ1) is 22.7. The lowest BCUT2D eigenvalue weighted by atomic mass is 10.2. The molecule has 0 unspecified atom stereocenters. The van der Waals surface area contributed by atoms with Crippen molar-refractivity contribution < 1.29 is 28.6 Å². The average Bonchev–Trinajstić information content (AvgIpc) is 2.45. The fourth-order valence-electron chi connectivity index (χ4n) is 1.42. The van der Waals surface area contributed by atoms with Crippen molar-refractivity contribution in [1.29, 1.82) is 0 Å². The van der Waals surface area contributed by atoms with E-state index in [-0.39, 0.29) is 13.2 Å². The quantitative estimate of drug-likeness (QED) is 0.334. The molecule has 0 saturated carbocycles. The minimum absolute atomic E-state index is 0.100. The second-order valence-corrected chi connectivity index (χ2v) is 6.22. The van der Waals surface area contributed by atoms with Crippen molar-refractivity contribution in [2.75, 3.05) is 13.2 Å². The lowest BCUT2D eigenvalue weighted by Gasteiger charge is -2.24. The summed E-state index contributed by atoms with van der Waals surface area (Å²) in [4.78, 5) is 39.7. The molecular weight excluding hydrogens is 330 g/mol. The average molecular weight is 359 g/mol. The van der Waals surface area contributed by atoms with E-state index in [0.29, 0.717) is 17.7 Å². The summed E-state index contributed by atoms with van der Waals surface area (Å²) in [5.74, 6) is -0.669. The number of aliphatic imine (C=N–C) groups is 1. The maximum atomic E-state index is 12.2. The molecule has 0 atom stereocenters. The van der Waals surface area contributed by atoms with Crippen LogP contribution in [0.25, 0.3) is 0 Å².